The van der Waals surface area contributed by atoms with E-state index in [0.29, 0.717) is 18.3 Å². The molecule has 6 heteroatoms. The number of thiazole rings is 1. The third kappa shape index (κ3) is 1.97. The lowest BCUT2D eigenvalue weighted by Gasteiger charge is -1.91. The van der Waals surface area contributed by atoms with E-state index in [1.165, 1.54) is 11.3 Å². The molecule has 0 atom stereocenters. The Morgan fingerprint density at radius 3 is 3.21 bits per heavy atom. The molecule has 0 aliphatic rings. The molecule has 2 aromatic heterocycles. The first-order chi connectivity index (χ1) is 6.90. The molecule has 0 saturated carbocycles. The average molecular weight is 210 g/mol. The van der Waals surface area contributed by atoms with Gasteiger partial charge in [0.25, 0.3) is 5.89 Å². The number of rotatable bonds is 4. The monoisotopic (exact) mass is 210 g/mol. The largest absolute Gasteiger partial charge is 0.332 e. The van der Waals surface area contributed by atoms with E-state index in [0.717, 1.165) is 12.2 Å². The molecule has 0 unspecified atom stereocenters. The van der Waals surface area contributed by atoms with Gasteiger partial charge in [-0.3, -0.25) is 0 Å². The van der Waals surface area contributed by atoms with Gasteiger partial charge >= 0.3 is 0 Å². The van der Waals surface area contributed by atoms with Gasteiger partial charge in [-0.15, -0.1) is 11.3 Å². The van der Waals surface area contributed by atoms with Gasteiger partial charge in [0.15, 0.2) is 5.82 Å². The van der Waals surface area contributed by atoms with Gasteiger partial charge in [0.05, 0.1) is 12.1 Å². The first kappa shape index (κ1) is 9.29. The topological polar surface area (TPSA) is 63.8 Å². The Bertz CT molecular complexity index is 384. The van der Waals surface area contributed by atoms with Crippen molar-refractivity contribution in [1.82, 2.24) is 20.4 Å². The minimum Gasteiger partial charge on any atom is -0.332 e. The highest BCUT2D eigenvalue weighted by Gasteiger charge is 2.09. The summed E-state index contributed by atoms with van der Waals surface area (Å²) in [6, 6.07) is 0. The Balaban J connectivity index is 2.10. The van der Waals surface area contributed by atoms with Crippen LogP contribution in [0.5, 0.6) is 0 Å². The summed E-state index contributed by atoms with van der Waals surface area (Å²) in [5, 5.41) is 8.83. The molecule has 0 saturated heterocycles. The Kier molecular flexibility index (Phi) is 2.85. The zero-order valence-corrected chi connectivity index (χ0v) is 8.54. The third-order valence-electron chi connectivity index (χ3n) is 1.65. The summed E-state index contributed by atoms with van der Waals surface area (Å²) >= 11 is 1.51. The van der Waals surface area contributed by atoms with Crippen molar-refractivity contribution in [3.63, 3.8) is 0 Å². The number of nitrogens with one attached hydrogen (secondary N) is 1. The summed E-state index contributed by atoms with van der Waals surface area (Å²) in [7, 11) is 0. The molecule has 0 aliphatic heterocycles. The summed E-state index contributed by atoms with van der Waals surface area (Å²) in [5.41, 5.74) is 2.48. The van der Waals surface area contributed by atoms with E-state index >= 15 is 0 Å². The number of nitrogens with zero attached hydrogens (tertiary/aromatic N) is 3. The lowest BCUT2D eigenvalue weighted by Crippen LogP contribution is -2.12. The quantitative estimate of drug-likeness (QED) is 0.824. The van der Waals surface area contributed by atoms with Crippen molar-refractivity contribution in [3.05, 3.63) is 16.7 Å². The molecule has 74 valence electrons. The molecule has 14 heavy (non-hydrogen) atoms. The zero-order valence-electron chi connectivity index (χ0n) is 7.73. The molecule has 2 rings (SSSR count). The minimum atomic E-state index is 0.485. The molecular weight excluding hydrogens is 200 g/mol. The lowest BCUT2D eigenvalue weighted by atomic mass is 10.5. The van der Waals surface area contributed by atoms with Crippen molar-refractivity contribution in [2.45, 2.75) is 13.5 Å². The van der Waals surface area contributed by atoms with Crippen LogP contribution in [0, 0.1) is 0 Å². The predicted molar refractivity (Wildman–Crippen MR) is 52.8 cm³/mol. The normalized spacial score (nSPS) is 10.6. The molecule has 0 amide bonds. The van der Waals surface area contributed by atoms with Gasteiger partial charge in [0, 0.05) is 5.38 Å². The van der Waals surface area contributed by atoms with Crippen LogP contribution in [-0.4, -0.2) is 21.7 Å². The van der Waals surface area contributed by atoms with Crippen LogP contribution in [0.25, 0.3) is 11.6 Å². The van der Waals surface area contributed by atoms with Crippen molar-refractivity contribution in [2.75, 3.05) is 6.54 Å². The maximum atomic E-state index is 5.05. The van der Waals surface area contributed by atoms with Gasteiger partial charge in [-0.05, 0) is 6.54 Å². The van der Waals surface area contributed by atoms with Crippen LogP contribution in [0.3, 0.4) is 0 Å². The van der Waals surface area contributed by atoms with Gasteiger partial charge in [-0.25, -0.2) is 4.98 Å². The highest BCUT2D eigenvalue weighted by molar-refractivity contribution is 7.07. The maximum Gasteiger partial charge on any atom is 0.277 e. The molecule has 2 heterocycles. The number of hydrogen-bond acceptors (Lipinski definition) is 6. The molecule has 0 aliphatic carbocycles. The molecule has 0 aromatic carbocycles. The summed E-state index contributed by atoms with van der Waals surface area (Å²) in [6.07, 6.45) is 0. The van der Waals surface area contributed by atoms with Crippen molar-refractivity contribution in [3.8, 4) is 11.6 Å². The van der Waals surface area contributed by atoms with E-state index in [-0.39, 0.29) is 0 Å². The van der Waals surface area contributed by atoms with E-state index in [2.05, 4.69) is 20.4 Å². The molecule has 0 bridgehead atoms. The molecule has 0 radical (unpaired) electrons. The number of hydrogen-bond donors (Lipinski definition) is 1. The van der Waals surface area contributed by atoms with Crippen LogP contribution in [-0.2, 0) is 6.54 Å². The van der Waals surface area contributed by atoms with E-state index in [1.807, 2.05) is 12.3 Å². The minimum absolute atomic E-state index is 0.485. The summed E-state index contributed by atoms with van der Waals surface area (Å²) in [6.45, 7) is 3.55. The summed E-state index contributed by atoms with van der Waals surface area (Å²) in [4.78, 5) is 8.28. The van der Waals surface area contributed by atoms with Crippen LogP contribution in [0.2, 0.25) is 0 Å². The van der Waals surface area contributed by atoms with Crippen molar-refractivity contribution in [2.24, 2.45) is 0 Å². The Morgan fingerprint density at radius 2 is 2.50 bits per heavy atom. The second-order valence-corrected chi connectivity index (χ2v) is 3.39. The molecule has 0 spiro atoms. The molecule has 2 aromatic rings. The zero-order chi connectivity index (χ0) is 9.80. The van der Waals surface area contributed by atoms with E-state index in [9.17, 15) is 0 Å². The van der Waals surface area contributed by atoms with Crippen molar-refractivity contribution in [1.29, 1.82) is 0 Å². The van der Waals surface area contributed by atoms with Crippen molar-refractivity contribution >= 4 is 11.3 Å². The first-order valence-electron chi connectivity index (χ1n) is 4.32. The van der Waals surface area contributed by atoms with Gasteiger partial charge in [0.2, 0.25) is 0 Å². The van der Waals surface area contributed by atoms with Crippen LogP contribution < -0.4 is 5.32 Å². The van der Waals surface area contributed by atoms with Crippen LogP contribution in [0.1, 0.15) is 12.7 Å². The molecular formula is C8H10N4OS. The fourth-order valence-corrected chi connectivity index (χ4v) is 1.51. The second kappa shape index (κ2) is 4.30. The first-order valence-corrected chi connectivity index (χ1v) is 5.26. The van der Waals surface area contributed by atoms with E-state index in [1.54, 1.807) is 5.51 Å². The van der Waals surface area contributed by atoms with Gasteiger partial charge in [-0.2, -0.15) is 4.98 Å². The van der Waals surface area contributed by atoms with Gasteiger partial charge in [0.1, 0.15) is 5.69 Å². The maximum absolute atomic E-state index is 5.05. The van der Waals surface area contributed by atoms with Crippen molar-refractivity contribution < 1.29 is 4.52 Å². The summed E-state index contributed by atoms with van der Waals surface area (Å²) < 4.78 is 5.05. The van der Waals surface area contributed by atoms with Crippen LogP contribution in [0.4, 0.5) is 0 Å². The van der Waals surface area contributed by atoms with Gasteiger partial charge < -0.3 is 9.84 Å². The Hall–Kier alpha value is -1.27. The molecule has 1 N–H and O–H groups in total. The second-order valence-electron chi connectivity index (χ2n) is 2.67. The smallest absolute Gasteiger partial charge is 0.277 e. The number of aromatic nitrogens is 3. The fourth-order valence-electron chi connectivity index (χ4n) is 0.985. The van der Waals surface area contributed by atoms with Crippen LogP contribution in [0.15, 0.2) is 15.4 Å². The van der Waals surface area contributed by atoms with Crippen LogP contribution >= 0.6 is 11.3 Å². The highest BCUT2D eigenvalue weighted by atomic mass is 32.1. The average Bonchev–Trinajstić information content (AvgIpc) is 2.85. The van der Waals surface area contributed by atoms with E-state index < -0.39 is 0 Å². The Labute approximate surface area is 85.2 Å². The highest BCUT2D eigenvalue weighted by Crippen LogP contribution is 2.16. The standard InChI is InChI=1S/C8H10N4OS/c1-2-9-3-7-11-8(13-12-7)6-4-14-5-10-6/h4-5,9H,2-3H2,1H3. The molecule has 5 nitrogen and oxygen atoms in total. The third-order valence-corrected chi connectivity index (χ3v) is 2.24. The Morgan fingerprint density at radius 1 is 1.57 bits per heavy atom. The van der Waals surface area contributed by atoms with Gasteiger partial charge in [-0.1, -0.05) is 12.1 Å². The fraction of sp³-hybridized carbons (Fsp3) is 0.375. The SMILES string of the molecule is CCNCc1noc(-c2cscn2)n1. The predicted octanol–water partition coefficient (Wildman–Crippen LogP) is 1.30. The molecule has 0 fully saturated rings. The summed E-state index contributed by atoms with van der Waals surface area (Å²) in [5.74, 6) is 1.15. The lowest BCUT2D eigenvalue weighted by molar-refractivity contribution is 0.419. The van der Waals surface area contributed by atoms with E-state index in [4.69, 9.17) is 4.52 Å².